The zero-order valence-electron chi connectivity index (χ0n) is 7.67. The minimum Gasteiger partial charge on any atom is -0.390 e. The SMILES string of the molecule is OCc1cnc(-c2ccc(Br)c(Br)c2)[nH]1. The summed E-state index contributed by atoms with van der Waals surface area (Å²) in [6.07, 6.45) is 1.63. The van der Waals surface area contributed by atoms with Crippen LogP contribution in [0, 0.1) is 0 Å². The molecule has 0 radical (unpaired) electrons. The normalized spacial score (nSPS) is 10.6. The van der Waals surface area contributed by atoms with Gasteiger partial charge < -0.3 is 10.1 Å². The number of halogens is 2. The van der Waals surface area contributed by atoms with E-state index in [9.17, 15) is 0 Å². The van der Waals surface area contributed by atoms with E-state index in [1.807, 2.05) is 18.2 Å². The molecule has 0 saturated carbocycles. The monoisotopic (exact) mass is 330 g/mol. The van der Waals surface area contributed by atoms with Crippen LogP contribution in [0.15, 0.2) is 33.3 Å². The smallest absolute Gasteiger partial charge is 0.137 e. The van der Waals surface area contributed by atoms with Crippen LogP contribution in [0.1, 0.15) is 5.69 Å². The Morgan fingerprint density at radius 2 is 2.07 bits per heavy atom. The van der Waals surface area contributed by atoms with Gasteiger partial charge in [0.1, 0.15) is 5.82 Å². The maximum atomic E-state index is 8.91. The van der Waals surface area contributed by atoms with Crippen LogP contribution in [-0.2, 0) is 6.61 Å². The molecule has 0 atom stereocenters. The third-order valence-electron chi connectivity index (χ3n) is 1.99. The highest BCUT2D eigenvalue weighted by Crippen LogP contribution is 2.27. The summed E-state index contributed by atoms with van der Waals surface area (Å²) in [6.45, 7) is -0.0231. The number of aromatic amines is 1. The van der Waals surface area contributed by atoms with Crippen LogP contribution in [0.2, 0.25) is 0 Å². The zero-order valence-corrected chi connectivity index (χ0v) is 10.8. The number of hydrogen-bond acceptors (Lipinski definition) is 2. The molecule has 15 heavy (non-hydrogen) atoms. The molecule has 78 valence electrons. The lowest BCUT2D eigenvalue weighted by Gasteiger charge is -2.00. The van der Waals surface area contributed by atoms with Gasteiger partial charge in [-0.3, -0.25) is 0 Å². The molecule has 1 heterocycles. The molecule has 2 aromatic rings. The number of H-pyrrole nitrogens is 1. The molecule has 2 rings (SSSR count). The molecule has 0 unspecified atom stereocenters. The fourth-order valence-electron chi connectivity index (χ4n) is 1.23. The third kappa shape index (κ3) is 2.30. The highest BCUT2D eigenvalue weighted by Gasteiger charge is 2.04. The molecular weight excluding hydrogens is 324 g/mol. The van der Waals surface area contributed by atoms with Gasteiger partial charge in [0.05, 0.1) is 18.5 Å². The number of imidazole rings is 1. The average Bonchev–Trinajstić information content (AvgIpc) is 2.70. The van der Waals surface area contributed by atoms with Crippen LogP contribution in [0.4, 0.5) is 0 Å². The second kappa shape index (κ2) is 4.47. The van der Waals surface area contributed by atoms with Crippen molar-refractivity contribution in [3.8, 4) is 11.4 Å². The van der Waals surface area contributed by atoms with Crippen LogP contribution in [-0.4, -0.2) is 15.1 Å². The largest absolute Gasteiger partial charge is 0.390 e. The molecule has 0 saturated heterocycles. The molecule has 0 aliphatic carbocycles. The molecular formula is C10H8Br2N2O. The van der Waals surface area contributed by atoms with E-state index in [-0.39, 0.29) is 6.61 Å². The molecule has 0 aliphatic heterocycles. The molecule has 0 amide bonds. The molecule has 3 nitrogen and oxygen atoms in total. The van der Waals surface area contributed by atoms with E-state index in [4.69, 9.17) is 5.11 Å². The van der Waals surface area contributed by atoms with E-state index >= 15 is 0 Å². The lowest BCUT2D eigenvalue weighted by Crippen LogP contribution is -1.83. The Balaban J connectivity index is 2.40. The van der Waals surface area contributed by atoms with Crippen molar-refractivity contribution in [1.29, 1.82) is 0 Å². The molecule has 0 bridgehead atoms. The molecule has 0 spiro atoms. The van der Waals surface area contributed by atoms with Gasteiger partial charge in [-0.15, -0.1) is 0 Å². The summed E-state index contributed by atoms with van der Waals surface area (Å²) in [7, 11) is 0. The second-order valence-corrected chi connectivity index (χ2v) is 4.75. The Morgan fingerprint density at radius 3 is 2.67 bits per heavy atom. The molecule has 0 fully saturated rings. The molecule has 1 aromatic heterocycles. The Kier molecular flexibility index (Phi) is 3.23. The van der Waals surface area contributed by atoms with E-state index in [1.165, 1.54) is 0 Å². The van der Waals surface area contributed by atoms with E-state index in [0.717, 1.165) is 20.3 Å². The van der Waals surface area contributed by atoms with Gasteiger partial charge in [-0.1, -0.05) is 6.07 Å². The molecule has 2 N–H and O–H groups in total. The van der Waals surface area contributed by atoms with Crippen molar-refractivity contribution >= 4 is 31.9 Å². The first-order chi connectivity index (χ1) is 7.20. The van der Waals surface area contributed by atoms with E-state index < -0.39 is 0 Å². The summed E-state index contributed by atoms with van der Waals surface area (Å²) < 4.78 is 1.97. The van der Waals surface area contributed by atoms with Gasteiger partial charge in [0, 0.05) is 14.5 Å². The zero-order chi connectivity index (χ0) is 10.8. The maximum Gasteiger partial charge on any atom is 0.137 e. The maximum absolute atomic E-state index is 8.91. The van der Waals surface area contributed by atoms with Crippen molar-refractivity contribution in [3.63, 3.8) is 0 Å². The lowest BCUT2D eigenvalue weighted by atomic mass is 10.2. The Hall–Kier alpha value is -0.650. The molecule has 1 aromatic carbocycles. The van der Waals surface area contributed by atoms with E-state index in [2.05, 4.69) is 41.8 Å². The van der Waals surface area contributed by atoms with Crippen molar-refractivity contribution < 1.29 is 5.11 Å². The fourth-order valence-corrected chi connectivity index (χ4v) is 1.86. The summed E-state index contributed by atoms with van der Waals surface area (Å²) in [5, 5.41) is 8.91. The van der Waals surface area contributed by atoms with Crippen molar-refractivity contribution in [2.75, 3.05) is 0 Å². The number of rotatable bonds is 2. The van der Waals surface area contributed by atoms with Crippen molar-refractivity contribution in [3.05, 3.63) is 39.0 Å². The van der Waals surface area contributed by atoms with Gasteiger partial charge in [0.15, 0.2) is 0 Å². The third-order valence-corrected chi connectivity index (χ3v) is 3.87. The highest BCUT2D eigenvalue weighted by molar-refractivity contribution is 9.13. The van der Waals surface area contributed by atoms with Crippen molar-refractivity contribution in [2.24, 2.45) is 0 Å². The summed E-state index contributed by atoms with van der Waals surface area (Å²) >= 11 is 6.83. The summed E-state index contributed by atoms with van der Waals surface area (Å²) in [6, 6.07) is 5.86. The quantitative estimate of drug-likeness (QED) is 0.888. The first-order valence-corrected chi connectivity index (χ1v) is 5.89. The van der Waals surface area contributed by atoms with Crippen molar-refractivity contribution in [2.45, 2.75) is 6.61 Å². The summed E-state index contributed by atoms with van der Waals surface area (Å²) in [5.74, 6) is 0.757. The fraction of sp³-hybridized carbons (Fsp3) is 0.100. The van der Waals surface area contributed by atoms with Gasteiger partial charge in [-0.05, 0) is 44.0 Å². The summed E-state index contributed by atoms with van der Waals surface area (Å²) in [4.78, 5) is 7.20. The topological polar surface area (TPSA) is 48.9 Å². The second-order valence-electron chi connectivity index (χ2n) is 3.04. The number of aliphatic hydroxyl groups excluding tert-OH is 1. The van der Waals surface area contributed by atoms with Crippen LogP contribution >= 0.6 is 31.9 Å². The Morgan fingerprint density at radius 1 is 1.27 bits per heavy atom. The first kappa shape index (κ1) is 10.9. The predicted molar refractivity (Wildman–Crippen MR) is 65.3 cm³/mol. The van der Waals surface area contributed by atoms with Crippen LogP contribution in [0.25, 0.3) is 11.4 Å². The van der Waals surface area contributed by atoms with Gasteiger partial charge in [-0.25, -0.2) is 4.98 Å². The average molecular weight is 332 g/mol. The van der Waals surface area contributed by atoms with Crippen molar-refractivity contribution in [1.82, 2.24) is 9.97 Å². The van der Waals surface area contributed by atoms with Gasteiger partial charge in [0.2, 0.25) is 0 Å². The number of nitrogens with one attached hydrogen (secondary N) is 1. The van der Waals surface area contributed by atoms with Gasteiger partial charge in [0.25, 0.3) is 0 Å². The minimum atomic E-state index is -0.0231. The Labute approximate surface area is 104 Å². The standard InChI is InChI=1S/C10H8Br2N2O/c11-8-2-1-6(3-9(8)12)10-13-4-7(5-15)14-10/h1-4,15H,5H2,(H,13,14). The number of hydrogen-bond donors (Lipinski definition) is 2. The number of aliphatic hydroxyl groups is 1. The number of aromatic nitrogens is 2. The van der Waals surface area contributed by atoms with Gasteiger partial charge in [-0.2, -0.15) is 0 Å². The van der Waals surface area contributed by atoms with E-state index in [0.29, 0.717) is 5.69 Å². The number of benzene rings is 1. The predicted octanol–water partition coefficient (Wildman–Crippen LogP) is 3.09. The van der Waals surface area contributed by atoms with Gasteiger partial charge >= 0.3 is 0 Å². The molecule has 0 aliphatic rings. The lowest BCUT2D eigenvalue weighted by molar-refractivity contribution is 0.277. The highest BCUT2D eigenvalue weighted by atomic mass is 79.9. The molecule has 5 heteroatoms. The van der Waals surface area contributed by atoms with E-state index in [1.54, 1.807) is 6.20 Å². The number of nitrogens with zero attached hydrogens (tertiary/aromatic N) is 1. The van der Waals surface area contributed by atoms with Crippen LogP contribution in [0.5, 0.6) is 0 Å². The first-order valence-electron chi connectivity index (χ1n) is 4.31. The van der Waals surface area contributed by atoms with Crippen LogP contribution in [0.3, 0.4) is 0 Å². The van der Waals surface area contributed by atoms with Crippen LogP contribution < -0.4 is 0 Å². The minimum absolute atomic E-state index is 0.0231. The summed E-state index contributed by atoms with van der Waals surface area (Å²) in [5.41, 5.74) is 1.69. The Bertz CT molecular complexity index is 482.